The second-order valence-electron chi connectivity index (χ2n) is 6.42. The highest BCUT2D eigenvalue weighted by atomic mass is 16.5. The maximum atomic E-state index is 5.37. The van der Waals surface area contributed by atoms with Crippen molar-refractivity contribution in [2.75, 3.05) is 26.2 Å². The molecule has 4 heterocycles. The molecule has 1 aliphatic rings. The Labute approximate surface area is 151 Å². The van der Waals surface area contributed by atoms with Crippen LogP contribution in [0.2, 0.25) is 0 Å². The van der Waals surface area contributed by atoms with E-state index in [0.29, 0.717) is 24.0 Å². The summed E-state index contributed by atoms with van der Waals surface area (Å²) in [6.07, 6.45) is 6.74. The third-order valence-corrected chi connectivity index (χ3v) is 4.58. The fourth-order valence-electron chi connectivity index (χ4n) is 3.03. The molecule has 0 unspecified atom stereocenters. The normalized spacial score (nSPS) is 16.0. The van der Waals surface area contributed by atoms with Crippen LogP contribution in [0.15, 0.2) is 41.4 Å². The Morgan fingerprint density at radius 3 is 2.54 bits per heavy atom. The average molecular weight is 351 g/mol. The molecule has 0 spiro atoms. The number of piperazine rings is 1. The van der Waals surface area contributed by atoms with Gasteiger partial charge in [0.05, 0.1) is 18.4 Å². The van der Waals surface area contributed by atoms with Crippen molar-refractivity contribution in [2.24, 2.45) is 0 Å². The van der Waals surface area contributed by atoms with Crippen molar-refractivity contribution in [3.05, 3.63) is 54.1 Å². The van der Waals surface area contributed by atoms with Crippen molar-refractivity contribution in [1.29, 1.82) is 0 Å². The van der Waals surface area contributed by atoms with Crippen LogP contribution in [0, 0.1) is 6.92 Å². The van der Waals surface area contributed by atoms with Gasteiger partial charge in [-0.3, -0.25) is 19.8 Å². The molecule has 26 heavy (non-hydrogen) atoms. The molecule has 8 nitrogen and oxygen atoms in total. The van der Waals surface area contributed by atoms with E-state index >= 15 is 0 Å². The van der Waals surface area contributed by atoms with E-state index in [2.05, 4.69) is 47.9 Å². The highest BCUT2D eigenvalue weighted by molar-refractivity contribution is 5.45. The topological polar surface area (TPSA) is 84.1 Å². The number of nitrogens with zero attached hydrogens (tertiary/aromatic N) is 7. The van der Waals surface area contributed by atoms with Gasteiger partial charge in [0.1, 0.15) is 5.69 Å². The quantitative estimate of drug-likeness (QED) is 0.684. The minimum Gasteiger partial charge on any atom is -0.337 e. The SMILES string of the molecule is Cc1cccnc1CN1CCN(Cc2nc(-c3cnccn3)no2)CC1. The third kappa shape index (κ3) is 3.92. The third-order valence-electron chi connectivity index (χ3n) is 4.58. The van der Waals surface area contributed by atoms with Crippen molar-refractivity contribution in [3.63, 3.8) is 0 Å². The van der Waals surface area contributed by atoms with Gasteiger partial charge in [0, 0.05) is 51.3 Å². The van der Waals surface area contributed by atoms with E-state index < -0.39 is 0 Å². The Kier molecular flexibility index (Phi) is 4.94. The number of pyridine rings is 1. The smallest absolute Gasteiger partial charge is 0.241 e. The van der Waals surface area contributed by atoms with E-state index in [-0.39, 0.29) is 0 Å². The molecule has 8 heteroatoms. The molecule has 3 aromatic rings. The molecule has 0 saturated carbocycles. The van der Waals surface area contributed by atoms with E-state index in [1.807, 2.05) is 12.3 Å². The predicted molar refractivity (Wildman–Crippen MR) is 94.9 cm³/mol. The van der Waals surface area contributed by atoms with E-state index in [1.165, 1.54) is 5.56 Å². The second-order valence-corrected chi connectivity index (χ2v) is 6.42. The lowest BCUT2D eigenvalue weighted by Gasteiger charge is -2.33. The standard InChI is InChI=1S/C18H21N7O/c1-14-3-2-4-20-16(14)12-24-7-9-25(10-8-24)13-17-22-18(23-26-17)15-11-19-5-6-21-15/h2-6,11H,7-10,12-13H2,1H3. The molecule has 0 bridgehead atoms. The number of aryl methyl sites for hydroxylation is 1. The summed E-state index contributed by atoms with van der Waals surface area (Å²) in [4.78, 5) is 21.9. The molecule has 0 radical (unpaired) electrons. The van der Waals surface area contributed by atoms with Crippen molar-refractivity contribution < 1.29 is 4.52 Å². The molecule has 134 valence electrons. The van der Waals surface area contributed by atoms with Gasteiger partial charge in [-0.1, -0.05) is 11.2 Å². The lowest BCUT2D eigenvalue weighted by Crippen LogP contribution is -2.45. The lowest BCUT2D eigenvalue weighted by atomic mass is 10.2. The summed E-state index contributed by atoms with van der Waals surface area (Å²) in [6, 6.07) is 4.10. The first-order valence-electron chi connectivity index (χ1n) is 8.72. The molecule has 0 amide bonds. The van der Waals surface area contributed by atoms with Crippen LogP contribution in [0.5, 0.6) is 0 Å². The largest absolute Gasteiger partial charge is 0.337 e. The van der Waals surface area contributed by atoms with Crippen LogP contribution in [0.25, 0.3) is 11.5 Å². The predicted octanol–water partition coefficient (Wildman–Crippen LogP) is 1.55. The Morgan fingerprint density at radius 2 is 1.81 bits per heavy atom. The molecule has 3 aromatic heterocycles. The highest BCUT2D eigenvalue weighted by Crippen LogP contribution is 2.14. The van der Waals surface area contributed by atoms with Crippen molar-refractivity contribution in [3.8, 4) is 11.5 Å². The summed E-state index contributed by atoms with van der Waals surface area (Å²) >= 11 is 0. The Bertz CT molecular complexity index is 844. The summed E-state index contributed by atoms with van der Waals surface area (Å²) in [7, 11) is 0. The molecular formula is C18H21N7O. The first-order valence-corrected chi connectivity index (χ1v) is 8.72. The molecule has 1 fully saturated rings. The first-order chi connectivity index (χ1) is 12.8. The Hall–Kier alpha value is -2.71. The van der Waals surface area contributed by atoms with Gasteiger partial charge in [-0.15, -0.1) is 0 Å². The first kappa shape index (κ1) is 16.7. The van der Waals surface area contributed by atoms with Crippen LogP contribution in [0.3, 0.4) is 0 Å². The molecule has 0 aromatic carbocycles. The van der Waals surface area contributed by atoms with Crippen molar-refractivity contribution >= 4 is 0 Å². The number of rotatable bonds is 5. The van der Waals surface area contributed by atoms with E-state index in [0.717, 1.165) is 38.4 Å². The molecular weight excluding hydrogens is 330 g/mol. The lowest BCUT2D eigenvalue weighted by molar-refractivity contribution is 0.111. The van der Waals surface area contributed by atoms with E-state index in [9.17, 15) is 0 Å². The fourth-order valence-corrected chi connectivity index (χ4v) is 3.03. The minimum atomic E-state index is 0.484. The Morgan fingerprint density at radius 1 is 1.00 bits per heavy atom. The van der Waals surface area contributed by atoms with Gasteiger partial charge in [0.25, 0.3) is 0 Å². The molecule has 0 aliphatic carbocycles. The molecule has 0 N–H and O–H groups in total. The second kappa shape index (κ2) is 7.67. The molecule has 4 rings (SSSR count). The van der Waals surface area contributed by atoms with Crippen LogP contribution >= 0.6 is 0 Å². The fraction of sp³-hybridized carbons (Fsp3) is 0.389. The average Bonchev–Trinajstić information content (AvgIpc) is 3.14. The van der Waals surface area contributed by atoms with Gasteiger partial charge in [-0.2, -0.15) is 4.98 Å². The zero-order valence-corrected chi connectivity index (χ0v) is 14.7. The van der Waals surface area contributed by atoms with E-state index in [1.54, 1.807) is 18.6 Å². The zero-order chi connectivity index (χ0) is 17.8. The summed E-state index contributed by atoms with van der Waals surface area (Å²) in [6.45, 7) is 7.61. The maximum Gasteiger partial charge on any atom is 0.241 e. The highest BCUT2D eigenvalue weighted by Gasteiger charge is 2.20. The van der Waals surface area contributed by atoms with Gasteiger partial charge < -0.3 is 4.52 Å². The summed E-state index contributed by atoms with van der Waals surface area (Å²) in [5.74, 6) is 1.09. The molecule has 0 atom stereocenters. The summed E-state index contributed by atoms with van der Waals surface area (Å²) < 4.78 is 5.37. The van der Waals surface area contributed by atoms with E-state index in [4.69, 9.17) is 4.52 Å². The monoisotopic (exact) mass is 351 g/mol. The van der Waals surface area contributed by atoms with Crippen LogP contribution in [0.1, 0.15) is 17.1 Å². The van der Waals surface area contributed by atoms with Gasteiger partial charge >= 0.3 is 0 Å². The Balaban J connectivity index is 1.30. The molecule has 1 saturated heterocycles. The van der Waals surface area contributed by atoms with Crippen LogP contribution in [-0.4, -0.2) is 61.1 Å². The van der Waals surface area contributed by atoms with Gasteiger partial charge in [0.2, 0.25) is 11.7 Å². The van der Waals surface area contributed by atoms with Crippen LogP contribution < -0.4 is 0 Å². The van der Waals surface area contributed by atoms with Gasteiger partial charge in [-0.05, 0) is 18.6 Å². The minimum absolute atomic E-state index is 0.484. The zero-order valence-electron chi connectivity index (χ0n) is 14.7. The van der Waals surface area contributed by atoms with Crippen molar-refractivity contribution in [2.45, 2.75) is 20.0 Å². The number of hydrogen-bond acceptors (Lipinski definition) is 8. The maximum absolute atomic E-state index is 5.37. The molecule has 1 aliphatic heterocycles. The summed E-state index contributed by atoms with van der Waals surface area (Å²) in [5.41, 5.74) is 3.03. The number of aromatic nitrogens is 5. The van der Waals surface area contributed by atoms with Crippen molar-refractivity contribution in [1.82, 2.24) is 34.9 Å². The van der Waals surface area contributed by atoms with Gasteiger partial charge in [-0.25, -0.2) is 4.98 Å². The van der Waals surface area contributed by atoms with Crippen LogP contribution in [-0.2, 0) is 13.1 Å². The summed E-state index contributed by atoms with van der Waals surface area (Å²) in [5, 5.41) is 4.00. The van der Waals surface area contributed by atoms with Gasteiger partial charge in [0.15, 0.2) is 0 Å². The number of hydrogen-bond donors (Lipinski definition) is 0. The van der Waals surface area contributed by atoms with Crippen LogP contribution in [0.4, 0.5) is 0 Å².